The maximum absolute atomic E-state index is 11.2. The van der Waals surface area contributed by atoms with Gasteiger partial charge in [-0.15, -0.1) is 0 Å². The maximum Gasteiger partial charge on any atom is 0.273 e. The first-order chi connectivity index (χ1) is 17.0. The number of aromatic nitrogens is 1. The highest BCUT2D eigenvalue weighted by Crippen LogP contribution is 2.44. The molecule has 0 amide bonds. The van der Waals surface area contributed by atoms with Crippen molar-refractivity contribution in [3.05, 3.63) is 106 Å². The fraction of sp³-hybridized carbons (Fsp3) is 0.154. The van der Waals surface area contributed by atoms with Crippen molar-refractivity contribution in [2.24, 2.45) is 0 Å². The van der Waals surface area contributed by atoms with Crippen LogP contribution in [-0.4, -0.2) is 22.1 Å². The number of ether oxygens (including phenoxy) is 1. The first-order valence-electron chi connectivity index (χ1n) is 11.0. The minimum absolute atomic E-state index is 0.0523. The van der Waals surface area contributed by atoms with Gasteiger partial charge in [0, 0.05) is 18.0 Å². The zero-order valence-corrected chi connectivity index (χ0v) is 19.9. The van der Waals surface area contributed by atoms with Crippen molar-refractivity contribution < 1.29 is 14.1 Å². The Bertz CT molecular complexity index is 1410. The van der Waals surface area contributed by atoms with E-state index in [2.05, 4.69) is 16.4 Å². The standard InChI is InChI=1S/C26H22N4O4S/c1-16-6-5-7-17(14-16)29-25(24(28-26(29)35)20-8-3-4-13-27-20)22-12-11-21(34-22)19-10-9-18(30(31)32)15-23(19)33-2/h3-15,24-25H,1-2H3,(H,28,35)/t24-,25-/m1/s1. The average molecular weight is 487 g/mol. The van der Waals surface area contributed by atoms with Crippen LogP contribution < -0.4 is 15.0 Å². The fourth-order valence-electron chi connectivity index (χ4n) is 4.35. The SMILES string of the molecule is COc1cc([N+](=O)[O-])ccc1-c1ccc([C@@H]2[C@@H](c3ccccn3)NC(=S)N2c2cccc(C)c2)o1. The summed E-state index contributed by atoms with van der Waals surface area (Å²) in [5.74, 6) is 1.57. The minimum Gasteiger partial charge on any atom is -0.496 e. The van der Waals surface area contributed by atoms with Crippen LogP contribution in [0.2, 0.25) is 0 Å². The van der Waals surface area contributed by atoms with Crippen LogP contribution in [0, 0.1) is 17.0 Å². The Balaban J connectivity index is 1.60. The van der Waals surface area contributed by atoms with Crippen LogP contribution in [0.1, 0.15) is 29.1 Å². The van der Waals surface area contributed by atoms with Crippen LogP contribution in [0.4, 0.5) is 11.4 Å². The molecule has 176 valence electrons. The maximum atomic E-state index is 11.2. The number of methoxy groups -OCH3 is 1. The molecule has 9 heteroatoms. The van der Waals surface area contributed by atoms with Gasteiger partial charge < -0.3 is 19.4 Å². The third kappa shape index (κ3) is 4.22. The summed E-state index contributed by atoms with van der Waals surface area (Å²) in [5, 5.41) is 15.2. The van der Waals surface area contributed by atoms with Crippen molar-refractivity contribution in [3.63, 3.8) is 0 Å². The molecule has 0 bridgehead atoms. The second-order valence-electron chi connectivity index (χ2n) is 8.18. The highest BCUT2D eigenvalue weighted by Gasteiger charge is 2.42. The summed E-state index contributed by atoms with van der Waals surface area (Å²) in [6, 6.07) is 21.5. The number of hydrogen-bond acceptors (Lipinski definition) is 6. The van der Waals surface area contributed by atoms with Gasteiger partial charge in [-0.1, -0.05) is 18.2 Å². The smallest absolute Gasteiger partial charge is 0.273 e. The third-order valence-electron chi connectivity index (χ3n) is 5.96. The van der Waals surface area contributed by atoms with Gasteiger partial charge in [0.25, 0.3) is 5.69 Å². The number of aryl methyl sites for hydroxylation is 1. The van der Waals surface area contributed by atoms with E-state index in [1.807, 2.05) is 60.4 Å². The van der Waals surface area contributed by atoms with E-state index < -0.39 is 4.92 Å². The van der Waals surface area contributed by atoms with Crippen LogP contribution in [0.25, 0.3) is 11.3 Å². The molecular weight excluding hydrogens is 464 g/mol. The number of furan rings is 1. The van der Waals surface area contributed by atoms with Gasteiger partial charge in [-0.05, 0) is 67.2 Å². The number of benzene rings is 2. The summed E-state index contributed by atoms with van der Waals surface area (Å²) in [5.41, 5.74) is 3.46. The molecule has 1 N–H and O–H groups in total. The summed E-state index contributed by atoms with van der Waals surface area (Å²) in [7, 11) is 1.47. The van der Waals surface area contributed by atoms with Crippen molar-refractivity contribution in [1.82, 2.24) is 10.3 Å². The van der Waals surface area contributed by atoms with Crippen LogP contribution in [0.5, 0.6) is 5.75 Å². The molecule has 0 aliphatic carbocycles. The van der Waals surface area contributed by atoms with Crippen LogP contribution in [0.3, 0.4) is 0 Å². The van der Waals surface area contributed by atoms with Crippen LogP contribution >= 0.6 is 12.2 Å². The van der Waals surface area contributed by atoms with Gasteiger partial charge in [-0.2, -0.15) is 0 Å². The molecule has 2 atom stereocenters. The van der Waals surface area contributed by atoms with Gasteiger partial charge in [-0.3, -0.25) is 15.1 Å². The lowest BCUT2D eigenvalue weighted by Gasteiger charge is -2.26. The van der Waals surface area contributed by atoms with E-state index in [1.54, 1.807) is 12.3 Å². The lowest BCUT2D eigenvalue weighted by molar-refractivity contribution is -0.384. The lowest BCUT2D eigenvalue weighted by atomic mass is 10.0. The second-order valence-corrected chi connectivity index (χ2v) is 8.57. The minimum atomic E-state index is -0.456. The Kier molecular flexibility index (Phi) is 5.92. The number of nitro benzene ring substituents is 1. The Morgan fingerprint density at radius 2 is 1.97 bits per heavy atom. The van der Waals surface area contributed by atoms with Crippen molar-refractivity contribution in [3.8, 4) is 17.1 Å². The predicted molar refractivity (Wildman–Crippen MR) is 136 cm³/mol. The molecule has 1 fully saturated rings. The quantitative estimate of drug-likeness (QED) is 0.209. The number of non-ortho nitro benzene ring substituents is 1. The molecule has 0 unspecified atom stereocenters. The first-order valence-corrected chi connectivity index (χ1v) is 11.4. The van der Waals surface area contributed by atoms with Gasteiger partial charge in [0.15, 0.2) is 5.11 Å². The normalized spacial score (nSPS) is 17.3. The van der Waals surface area contributed by atoms with E-state index >= 15 is 0 Å². The average Bonchev–Trinajstić information content (AvgIpc) is 3.48. The summed E-state index contributed by atoms with van der Waals surface area (Å²) in [4.78, 5) is 17.3. The second kappa shape index (κ2) is 9.19. The molecule has 4 aromatic rings. The van der Waals surface area contributed by atoms with E-state index in [9.17, 15) is 10.1 Å². The summed E-state index contributed by atoms with van der Waals surface area (Å²) < 4.78 is 11.8. The predicted octanol–water partition coefficient (Wildman–Crippen LogP) is 5.74. The summed E-state index contributed by atoms with van der Waals surface area (Å²) >= 11 is 5.76. The largest absolute Gasteiger partial charge is 0.496 e. The van der Waals surface area contributed by atoms with Gasteiger partial charge in [-0.25, -0.2) is 0 Å². The Morgan fingerprint density at radius 3 is 2.69 bits per heavy atom. The molecule has 3 heterocycles. The van der Waals surface area contributed by atoms with Crippen LogP contribution in [-0.2, 0) is 0 Å². The molecule has 5 rings (SSSR count). The van der Waals surface area contributed by atoms with Gasteiger partial charge in [0.1, 0.15) is 23.3 Å². The third-order valence-corrected chi connectivity index (χ3v) is 6.27. The zero-order chi connectivity index (χ0) is 24.5. The fourth-order valence-corrected chi connectivity index (χ4v) is 4.70. The van der Waals surface area contributed by atoms with Crippen molar-refractivity contribution in [1.29, 1.82) is 0 Å². The molecule has 2 aromatic carbocycles. The van der Waals surface area contributed by atoms with Gasteiger partial charge in [0.05, 0.1) is 35.4 Å². The molecule has 0 saturated carbocycles. The topological polar surface area (TPSA) is 93.7 Å². The number of rotatable bonds is 6. The van der Waals surface area contributed by atoms with E-state index in [0.717, 1.165) is 16.9 Å². The highest BCUT2D eigenvalue weighted by atomic mass is 32.1. The molecular formula is C26H22N4O4S. The number of nitrogens with zero attached hydrogens (tertiary/aromatic N) is 3. The molecule has 1 aliphatic rings. The van der Waals surface area contributed by atoms with Crippen molar-refractivity contribution >= 4 is 28.7 Å². The molecule has 8 nitrogen and oxygen atoms in total. The Hall–Kier alpha value is -4.24. The van der Waals surface area contributed by atoms with E-state index in [-0.39, 0.29) is 17.8 Å². The summed E-state index contributed by atoms with van der Waals surface area (Å²) in [6.07, 6.45) is 1.75. The Labute approximate surface area is 207 Å². The molecule has 0 spiro atoms. The monoisotopic (exact) mass is 486 g/mol. The van der Waals surface area contributed by atoms with Gasteiger partial charge >= 0.3 is 0 Å². The number of pyridine rings is 1. The number of nitro groups is 1. The number of hydrogen-bond donors (Lipinski definition) is 1. The van der Waals surface area contributed by atoms with E-state index in [0.29, 0.717) is 27.9 Å². The lowest BCUT2D eigenvalue weighted by Crippen LogP contribution is -2.29. The first kappa shape index (κ1) is 22.5. The molecule has 1 aliphatic heterocycles. The molecule has 1 saturated heterocycles. The van der Waals surface area contributed by atoms with E-state index in [4.69, 9.17) is 21.4 Å². The van der Waals surface area contributed by atoms with Gasteiger partial charge in [0.2, 0.25) is 0 Å². The Morgan fingerprint density at radius 1 is 1.11 bits per heavy atom. The molecule has 2 aromatic heterocycles. The van der Waals surface area contributed by atoms with Crippen molar-refractivity contribution in [2.75, 3.05) is 12.0 Å². The van der Waals surface area contributed by atoms with E-state index in [1.165, 1.54) is 19.2 Å². The number of nitrogens with one attached hydrogen (secondary N) is 1. The summed E-state index contributed by atoms with van der Waals surface area (Å²) in [6.45, 7) is 2.03. The van der Waals surface area contributed by atoms with Crippen molar-refractivity contribution in [2.45, 2.75) is 19.0 Å². The van der Waals surface area contributed by atoms with Crippen LogP contribution in [0.15, 0.2) is 83.4 Å². The molecule has 0 radical (unpaired) electrons. The number of thiocarbonyl (C=S) groups is 1. The highest BCUT2D eigenvalue weighted by molar-refractivity contribution is 7.80. The number of anilines is 1. The zero-order valence-electron chi connectivity index (χ0n) is 19.0. The molecule has 35 heavy (non-hydrogen) atoms.